The van der Waals surface area contributed by atoms with Gasteiger partial charge in [-0.05, 0) is 37.8 Å². The van der Waals surface area contributed by atoms with E-state index in [9.17, 15) is 9.59 Å². The number of imidazole rings is 1. The third-order valence-corrected chi connectivity index (χ3v) is 4.93. The minimum Gasteiger partial charge on any atom is -0.349 e. The summed E-state index contributed by atoms with van der Waals surface area (Å²) in [6.07, 6.45) is 3.60. The van der Waals surface area contributed by atoms with Gasteiger partial charge in [-0.25, -0.2) is 9.78 Å². The van der Waals surface area contributed by atoms with Crippen LogP contribution in [0.4, 0.5) is 4.79 Å². The van der Waals surface area contributed by atoms with Crippen LogP contribution < -0.4 is 10.6 Å². The van der Waals surface area contributed by atoms with Gasteiger partial charge in [0, 0.05) is 25.0 Å². The van der Waals surface area contributed by atoms with Crippen molar-refractivity contribution < 1.29 is 9.59 Å². The zero-order chi connectivity index (χ0) is 17.2. The van der Waals surface area contributed by atoms with Crippen molar-refractivity contribution in [1.29, 1.82) is 0 Å². The Balaban J connectivity index is 1.25. The van der Waals surface area contributed by atoms with Gasteiger partial charge in [0.15, 0.2) is 0 Å². The van der Waals surface area contributed by atoms with Crippen molar-refractivity contribution >= 4 is 23.0 Å². The summed E-state index contributed by atoms with van der Waals surface area (Å²) >= 11 is 0. The number of H-pyrrole nitrogens is 1. The Morgan fingerprint density at radius 1 is 1.16 bits per heavy atom. The summed E-state index contributed by atoms with van der Waals surface area (Å²) in [6, 6.07) is 8.20. The molecule has 1 aromatic heterocycles. The van der Waals surface area contributed by atoms with Crippen LogP contribution in [0.15, 0.2) is 24.3 Å². The number of carbonyl (C=O) groups is 2. The quantitative estimate of drug-likeness (QED) is 0.791. The maximum absolute atomic E-state index is 12.4. The number of aromatic nitrogens is 2. The number of nitrogens with one attached hydrogen (secondary N) is 3. The van der Waals surface area contributed by atoms with Crippen molar-refractivity contribution in [3.63, 3.8) is 0 Å². The fourth-order valence-corrected chi connectivity index (χ4v) is 3.24. The van der Waals surface area contributed by atoms with E-state index in [0.29, 0.717) is 38.5 Å². The number of nitrogens with zero attached hydrogens (tertiary/aromatic N) is 2. The Bertz CT molecular complexity index is 742. The van der Waals surface area contributed by atoms with E-state index in [1.54, 1.807) is 0 Å². The number of para-hydroxylation sites is 2. The number of carbonyl (C=O) groups excluding carboxylic acids is 2. The summed E-state index contributed by atoms with van der Waals surface area (Å²) in [5, 5.41) is 5.97. The molecule has 0 spiro atoms. The first-order chi connectivity index (χ1) is 12.2. The highest BCUT2D eigenvalue weighted by Gasteiger charge is 2.30. The van der Waals surface area contributed by atoms with Gasteiger partial charge >= 0.3 is 6.03 Å². The molecule has 2 aromatic rings. The number of hydrogen-bond donors (Lipinski definition) is 3. The van der Waals surface area contributed by atoms with Gasteiger partial charge in [0.1, 0.15) is 5.82 Å². The highest BCUT2D eigenvalue weighted by Crippen LogP contribution is 2.21. The summed E-state index contributed by atoms with van der Waals surface area (Å²) in [4.78, 5) is 33.9. The van der Waals surface area contributed by atoms with Crippen LogP contribution in [0, 0.1) is 5.92 Å². The van der Waals surface area contributed by atoms with Gasteiger partial charge in [-0.1, -0.05) is 12.1 Å². The zero-order valence-corrected chi connectivity index (χ0v) is 14.1. The number of benzene rings is 1. The second-order valence-electron chi connectivity index (χ2n) is 6.90. The van der Waals surface area contributed by atoms with E-state index in [-0.39, 0.29) is 17.9 Å². The molecule has 7 nitrogen and oxygen atoms in total. The molecule has 0 bridgehead atoms. The second kappa shape index (κ2) is 6.74. The minimum atomic E-state index is -0.0330. The maximum Gasteiger partial charge on any atom is 0.317 e. The smallest absolute Gasteiger partial charge is 0.317 e. The summed E-state index contributed by atoms with van der Waals surface area (Å²) in [6.45, 7) is 1.68. The molecule has 1 aliphatic heterocycles. The van der Waals surface area contributed by atoms with Crippen LogP contribution >= 0.6 is 0 Å². The lowest BCUT2D eigenvalue weighted by atomic mass is 9.96. The van der Waals surface area contributed by atoms with E-state index in [1.807, 2.05) is 29.2 Å². The molecule has 2 fully saturated rings. The average molecular weight is 341 g/mol. The number of urea groups is 1. The number of hydrogen-bond acceptors (Lipinski definition) is 3. The Hall–Kier alpha value is -2.57. The van der Waals surface area contributed by atoms with Gasteiger partial charge in [0.05, 0.1) is 17.6 Å². The van der Waals surface area contributed by atoms with Crippen molar-refractivity contribution in [3.8, 4) is 0 Å². The van der Waals surface area contributed by atoms with Gasteiger partial charge in [-0.2, -0.15) is 0 Å². The SMILES string of the molecule is O=C(NCc1nc2ccccc2[nH]1)C1CCN(C(=O)NC2CC2)CC1. The largest absolute Gasteiger partial charge is 0.349 e. The molecule has 1 aromatic carbocycles. The van der Waals surface area contributed by atoms with Gasteiger partial charge in [-0.3, -0.25) is 4.79 Å². The first-order valence-corrected chi connectivity index (χ1v) is 8.96. The molecule has 0 radical (unpaired) electrons. The maximum atomic E-state index is 12.4. The van der Waals surface area contributed by atoms with E-state index in [0.717, 1.165) is 29.7 Å². The Morgan fingerprint density at radius 2 is 1.92 bits per heavy atom. The summed E-state index contributed by atoms with van der Waals surface area (Å²) < 4.78 is 0. The molecule has 7 heteroatoms. The average Bonchev–Trinajstić information content (AvgIpc) is 3.35. The third kappa shape index (κ3) is 3.75. The Labute approximate surface area is 146 Å². The highest BCUT2D eigenvalue weighted by atomic mass is 16.2. The molecular weight excluding hydrogens is 318 g/mol. The zero-order valence-electron chi connectivity index (χ0n) is 14.1. The number of aromatic amines is 1. The normalized spacial score (nSPS) is 18.3. The lowest BCUT2D eigenvalue weighted by molar-refractivity contribution is -0.126. The lowest BCUT2D eigenvalue weighted by Crippen LogP contribution is -2.47. The molecule has 1 saturated carbocycles. The molecule has 1 saturated heterocycles. The monoisotopic (exact) mass is 341 g/mol. The molecule has 2 heterocycles. The van der Waals surface area contributed by atoms with Gasteiger partial charge in [-0.15, -0.1) is 0 Å². The van der Waals surface area contributed by atoms with Gasteiger partial charge in [0.2, 0.25) is 5.91 Å². The summed E-state index contributed by atoms with van der Waals surface area (Å²) in [5.74, 6) is 0.771. The van der Waals surface area contributed by atoms with E-state index in [2.05, 4.69) is 20.6 Å². The number of likely N-dealkylation sites (tertiary alicyclic amines) is 1. The van der Waals surface area contributed by atoms with Crippen LogP contribution in [-0.2, 0) is 11.3 Å². The molecule has 2 aliphatic rings. The van der Waals surface area contributed by atoms with Crippen LogP contribution in [-0.4, -0.2) is 45.9 Å². The predicted molar refractivity (Wildman–Crippen MR) is 93.8 cm³/mol. The fourth-order valence-electron chi connectivity index (χ4n) is 3.24. The molecular formula is C18H23N5O2. The molecule has 1 aliphatic carbocycles. The van der Waals surface area contributed by atoms with Crippen molar-refractivity contribution in [2.75, 3.05) is 13.1 Å². The van der Waals surface area contributed by atoms with Crippen molar-refractivity contribution in [2.45, 2.75) is 38.3 Å². The standard InChI is InChI=1S/C18H23N5O2/c24-17(19-11-16-21-14-3-1-2-4-15(14)22-16)12-7-9-23(10-8-12)18(25)20-13-5-6-13/h1-4,12-13H,5-11H2,(H,19,24)(H,20,25)(H,21,22). The molecule has 0 unspecified atom stereocenters. The van der Waals surface area contributed by atoms with Crippen LogP contribution in [0.1, 0.15) is 31.5 Å². The third-order valence-electron chi connectivity index (χ3n) is 4.93. The first-order valence-electron chi connectivity index (χ1n) is 8.96. The first kappa shape index (κ1) is 15.9. The molecule has 3 N–H and O–H groups in total. The number of piperidine rings is 1. The van der Waals surface area contributed by atoms with Gasteiger partial charge in [0.25, 0.3) is 0 Å². The Kier molecular flexibility index (Phi) is 4.29. The highest BCUT2D eigenvalue weighted by molar-refractivity contribution is 5.80. The minimum absolute atomic E-state index is 0.0173. The summed E-state index contributed by atoms with van der Waals surface area (Å²) in [5.41, 5.74) is 1.88. The van der Waals surface area contributed by atoms with Crippen LogP contribution in [0.5, 0.6) is 0 Å². The fraction of sp³-hybridized carbons (Fsp3) is 0.500. The predicted octanol–water partition coefficient (Wildman–Crippen LogP) is 1.76. The topological polar surface area (TPSA) is 90.1 Å². The van der Waals surface area contributed by atoms with Gasteiger partial charge < -0.3 is 20.5 Å². The second-order valence-corrected chi connectivity index (χ2v) is 6.90. The van der Waals surface area contributed by atoms with E-state index in [1.165, 1.54) is 0 Å². The van der Waals surface area contributed by atoms with Crippen LogP contribution in [0.3, 0.4) is 0 Å². The molecule has 3 amide bonds. The number of rotatable bonds is 4. The van der Waals surface area contributed by atoms with Crippen molar-refractivity contribution in [1.82, 2.24) is 25.5 Å². The van der Waals surface area contributed by atoms with Crippen LogP contribution in [0.25, 0.3) is 11.0 Å². The lowest BCUT2D eigenvalue weighted by Gasteiger charge is -2.31. The van der Waals surface area contributed by atoms with Crippen molar-refractivity contribution in [3.05, 3.63) is 30.1 Å². The van der Waals surface area contributed by atoms with E-state index in [4.69, 9.17) is 0 Å². The van der Waals surface area contributed by atoms with E-state index < -0.39 is 0 Å². The molecule has 132 valence electrons. The van der Waals surface area contributed by atoms with Crippen LogP contribution in [0.2, 0.25) is 0 Å². The number of fused-ring (bicyclic) bond motifs is 1. The molecule has 25 heavy (non-hydrogen) atoms. The van der Waals surface area contributed by atoms with E-state index >= 15 is 0 Å². The number of amides is 3. The summed E-state index contributed by atoms with van der Waals surface area (Å²) in [7, 11) is 0. The molecule has 4 rings (SSSR count). The van der Waals surface area contributed by atoms with Crippen molar-refractivity contribution in [2.24, 2.45) is 5.92 Å². The molecule has 0 atom stereocenters. The Morgan fingerprint density at radius 3 is 2.64 bits per heavy atom.